The molecular formula is C16H20N2O2. The number of rotatable bonds is 8. The third-order valence-electron chi connectivity index (χ3n) is 3.28. The molecule has 0 spiro atoms. The molecule has 1 heterocycles. The molecule has 0 amide bonds. The van der Waals surface area contributed by atoms with E-state index in [-0.39, 0.29) is 6.42 Å². The van der Waals surface area contributed by atoms with Crippen molar-refractivity contribution < 1.29 is 9.90 Å². The van der Waals surface area contributed by atoms with Crippen molar-refractivity contribution in [3.63, 3.8) is 0 Å². The number of pyridine rings is 1. The number of carboxylic acid groups (broad SMARTS) is 1. The number of hydrogen-bond donors (Lipinski definition) is 2. The summed E-state index contributed by atoms with van der Waals surface area (Å²) >= 11 is 0. The van der Waals surface area contributed by atoms with E-state index in [1.54, 1.807) is 0 Å². The average Bonchev–Trinajstić information content (AvgIpc) is 2.46. The van der Waals surface area contributed by atoms with Crippen LogP contribution in [0.1, 0.15) is 24.8 Å². The van der Waals surface area contributed by atoms with Gasteiger partial charge < -0.3 is 10.4 Å². The lowest BCUT2D eigenvalue weighted by atomic mass is 10.1. The number of hydrogen-bond acceptors (Lipinski definition) is 3. The van der Waals surface area contributed by atoms with E-state index in [4.69, 9.17) is 5.11 Å². The summed E-state index contributed by atoms with van der Waals surface area (Å²) in [4.78, 5) is 14.8. The molecule has 4 nitrogen and oxygen atoms in total. The Kier molecular flexibility index (Phi) is 5.50. The van der Waals surface area contributed by atoms with E-state index < -0.39 is 5.97 Å². The van der Waals surface area contributed by atoms with Crippen LogP contribution in [0.25, 0.3) is 10.9 Å². The summed E-state index contributed by atoms with van der Waals surface area (Å²) in [6.07, 6.45) is 4.66. The highest BCUT2D eigenvalue weighted by molar-refractivity contribution is 5.81. The summed E-state index contributed by atoms with van der Waals surface area (Å²) < 4.78 is 0. The highest BCUT2D eigenvalue weighted by atomic mass is 16.4. The first-order valence-electron chi connectivity index (χ1n) is 7.02. The summed E-state index contributed by atoms with van der Waals surface area (Å²) in [6, 6.07) is 10.3. The maximum Gasteiger partial charge on any atom is 0.303 e. The summed E-state index contributed by atoms with van der Waals surface area (Å²) in [7, 11) is 0. The molecule has 2 N–H and O–H groups in total. The second kappa shape index (κ2) is 7.60. The van der Waals surface area contributed by atoms with Gasteiger partial charge in [-0.3, -0.25) is 9.78 Å². The second-order valence-corrected chi connectivity index (χ2v) is 4.84. The molecule has 1 aromatic heterocycles. The summed E-state index contributed by atoms with van der Waals surface area (Å²) in [5.74, 6) is -0.716. The lowest BCUT2D eigenvalue weighted by molar-refractivity contribution is -0.137. The molecule has 0 aliphatic carbocycles. The van der Waals surface area contributed by atoms with E-state index in [2.05, 4.69) is 34.6 Å². The van der Waals surface area contributed by atoms with Gasteiger partial charge in [0.15, 0.2) is 0 Å². The zero-order valence-electron chi connectivity index (χ0n) is 11.5. The Hall–Kier alpha value is -1.94. The van der Waals surface area contributed by atoms with E-state index >= 15 is 0 Å². The number of nitrogens with zero attached hydrogens (tertiary/aromatic N) is 1. The Bertz CT molecular complexity index is 564. The number of benzene rings is 1. The van der Waals surface area contributed by atoms with Crippen molar-refractivity contribution in [2.45, 2.75) is 25.7 Å². The van der Waals surface area contributed by atoms with Gasteiger partial charge in [-0.25, -0.2) is 0 Å². The molecule has 106 valence electrons. The van der Waals surface area contributed by atoms with Crippen LogP contribution in [0.5, 0.6) is 0 Å². The first-order chi connectivity index (χ1) is 9.77. The number of carbonyl (C=O) groups is 1. The van der Waals surface area contributed by atoms with Crippen molar-refractivity contribution in [3.05, 3.63) is 42.1 Å². The number of unbranched alkanes of at least 4 members (excludes halogenated alkanes) is 1. The minimum Gasteiger partial charge on any atom is -0.481 e. The van der Waals surface area contributed by atoms with Crippen LogP contribution in [-0.4, -0.2) is 29.1 Å². The lowest BCUT2D eigenvalue weighted by Gasteiger charge is -2.07. The van der Waals surface area contributed by atoms with Crippen LogP contribution in [-0.2, 0) is 11.2 Å². The van der Waals surface area contributed by atoms with Crippen molar-refractivity contribution in [2.75, 3.05) is 13.1 Å². The molecule has 0 bridgehead atoms. The largest absolute Gasteiger partial charge is 0.481 e. The fourth-order valence-electron chi connectivity index (χ4n) is 2.24. The smallest absolute Gasteiger partial charge is 0.303 e. The van der Waals surface area contributed by atoms with Gasteiger partial charge in [-0.05, 0) is 44.0 Å². The van der Waals surface area contributed by atoms with Crippen LogP contribution in [0.2, 0.25) is 0 Å². The molecule has 0 unspecified atom stereocenters. The Labute approximate surface area is 118 Å². The summed E-state index contributed by atoms with van der Waals surface area (Å²) in [6.45, 7) is 1.76. The first-order valence-corrected chi connectivity index (χ1v) is 7.02. The monoisotopic (exact) mass is 272 g/mol. The van der Waals surface area contributed by atoms with Crippen LogP contribution < -0.4 is 5.32 Å². The van der Waals surface area contributed by atoms with E-state index in [1.165, 1.54) is 10.9 Å². The van der Waals surface area contributed by atoms with Crippen LogP contribution in [0, 0.1) is 0 Å². The van der Waals surface area contributed by atoms with Gasteiger partial charge >= 0.3 is 5.97 Å². The third-order valence-corrected chi connectivity index (χ3v) is 3.28. The Morgan fingerprint density at radius 3 is 2.85 bits per heavy atom. The van der Waals surface area contributed by atoms with Gasteiger partial charge in [-0.15, -0.1) is 0 Å². The molecule has 0 saturated carbocycles. The number of para-hydroxylation sites is 1. The van der Waals surface area contributed by atoms with Crippen LogP contribution >= 0.6 is 0 Å². The quantitative estimate of drug-likeness (QED) is 0.725. The van der Waals surface area contributed by atoms with E-state index in [9.17, 15) is 4.79 Å². The molecule has 4 heteroatoms. The predicted molar refractivity (Wildman–Crippen MR) is 79.8 cm³/mol. The van der Waals surface area contributed by atoms with Gasteiger partial charge in [0.1, 0.15) is 0 Å². The van der Waals surface area contributed by atoms with Crippen molar-refractivity contribution >= 4 is 16.9 Å². The number of carboxylic acids is 1. The van der Waals surface area contributed by atoms with Crippen molar-refractivity contribution in [1.82, 2.24) is 10.3 Å². The molecule has 0 aliphatic rings. The normalized spacial score (nSPS) is 10.8. The van der Waals surface area contributed by atoms with Gasteiger partial charge in [0.25, 0.3) is 0 Å². The van der Waals surface area contributed by atoms with Gasteiger partial charge in [0, 0.05) is 18.0 Å². The maximum absolute atomic E-state index is 10.4. The Morgan fingerprint density at radius 1 is 1.15 bits per heavy atom. The van der Waals surface area contributed by atoms with E-state index in [0.29, 0.717) is 0 Å². The number of nitrogens with one attached hydrogen (secondary N) is 1. The van der Waals surface area contributed by atoms with Crippen molar-refractivity contribution in [2.24, 2.45) is 0 Å². The fraction of sp³-hybridized carbons (Fsp3) is 0.375. The van der Waals surface area contributed by atoms with Gasteiger partial charge in [0.2, 0.25) is 0 Å². The van der Waals surface area contributed by atoms with Crippen molar-refractivity contribution in [3.8, 4) is 0 Å². The van der Waals surface area contributed by atoms with Gasteiger partial charge in [-0.2, -0.15) is 0 Å². The fourth-order valence-corrected chi connectivity index (χ4v) is 2.24. The molecule has 2 aromatic rings. The first kappa shape index (κ1) is 14.5. The molecule has 0 radical (unpaired) electrons. The molecule has 0 atom stereocenters. The highest BCUT2D eigenvalue weighted by Crippen LogP contribution is 2.15. The third kappa shape index (κ3) is 4.31. The molecule has 0 aliphatic heterocycles. The minimum atomic E-state index is -0.716. The van der Waals surface area contributed by atoms with Crippen LogP contribution in [0.3, 0.4) is 0 Å². The van der Waals surface area contributed by atoms with Gasteiger partial charge in [-0.1, -0.05) is 24.3 Å². The molecule has 0 fully saturated rings. The standard InChI is InChI=1S/C16H20N2O2/c19-15(20)8-1-2-10-17-12-9-14-6-3-5-13-7-4-11-18-16(13)14/h3-7,11,17H,1-2,8-10,12H2,(H,19,20). The van der Waals surface area contributed by atoms with Gasteiger partial charge in [0.05, 0.1) is 5.52 Å². The SMILES string of the molecule is O=C(O)CCCCNCCc1cccc2cccnc12. The van der Waals surface area contributed by atoms with Crippen LogP contribution in [0.15, 0.2) is 36.5 Å². The summed E-state index contributed by atoms with van der Waals surface area (Å²) in [5.41, 5.74) is 2.32. The minimum absolute atomic E-state index is 0.259. The highest BCUT2D eigenvalue weighted by Gasteiger charge is 2.01. The number of aromatic nitrogens is 1. The predicted octanol–water partition coefficient (Wildman–Crippen LogP) is 2.62. The summed E-state index contributed by atoms with van der Waals surface area (Å²) in [5, 5.41) is 13.1. The number of fused-ring (bicyclic) bond motifs is 1. The topological polar surface area (TPSA) is 62.2 Å². The second-order valence-electron chi connectivity index (χ2n) is 4.84. The van der Waals surface area contributed by atoms with Crippen LogP contribution in [0.4, 0.5) is 0 Å². The lowest BCUT2D eigenvalue weighted by Crippen LogP contribution is -2.18. The molecular weight excluding hydrogens is 252 g/mol. The van der Waals surface area contributed by atoms with E-state index in [1.807, 2.05) is 12.3 Å². The Balaban J connectivity index is 1.75. The number of aliphatic carboxylic acids is 1. The average molecular weight is 272 g/mol. The Morgan fingerprint density at radius 2 is 2.00 bits per heavy atom. The molecule has 0 saturated heterocycles. The molecule has 20 heavy (non-hydrogen) atoms. The molecule has 2 rings (SSSR count). The maximum atomic E-state index is 10.4. The zero-order chi connectivity index (χ0) is 14.2. The molecule has 1 aromatic carbocycles. The van der Waals surface area contributed by atoms with Crippen molar-refractivity contribution in [1.29, 1.82) is 0 Å². The van der Waals surface area contributed by atoms with E-state index in [0.717, 1.165) is 37.9 Å². The zero-order valence-corrected chi connectivity index (χ0v) is 11.5.